The minimum absolute atomic E-state index is 0.00146. The molecule has 0 aliphatic carbocycles. The number of benzene rings is 1. The number of aromatic hydroxyl groups is 1. The molecule has 0 atom stereocenters. The zero-order valence-electron chi connectivity index (χ0n) is 9.39. The highest BCUT2D eigenvalue weighted by atomic mass is 127. The molecule has 1 aromatic heterocycles. The van der Waals surface area contributed by atoms with Crippen LogP contribution in [0.15, 0.2) is 29.1 Å². The van der Waals surface area contributed by atoms with Crippen LogP contribution in [0.2, 0.25) is 0 Å². The van der Waals surface area contributed by atoms with Crippen molar-refractivity contribution in [2.75, 3.05) is 6.54 Å². The van der Waals surface area contributed by atoms with Crippen LogP contribution in [0.25, 0.3) is 0 Å². The van der Waals surface area contributed by atoms with E-state index in [1.165, 1.54) is 17.4 Å². The number of halogens is 1. The Balaban J connectivity index is 1.93. The summed E-state index contributed by atoms with van der Waals surface area (Å²) in [7, 11) is 0. The molecule has 0 radical (unpaired) electrons. The van der Waals surface area contributed by atoms with Gasteiger partial charge in [0.05, 0.1) is 16.8 Å². The predicted molar refractivity (Wildman–Crippen MR) is 79.0 cm³/mol. The van der Waals surface area contributed by atoms with E-state index in [1.807, 2.05) is 5.38 Å². The van der Waals surface area contributed by atoms with Crippen LogP contribution in [0.3, 0.4) is 0 Å². The molecule has 4 nitrogen and oxygen atoms in total. The van der Waals surface area contributed by atoms with Crippen molar-refractivity contribution in [3.63, 3.8) is 0 Å². The van der Waals surface area contributed by atoms with E-state index in [-0.39, 0.29) is 11.7 Å². The number of phenolic OH excluding ortho intramolecular Hbond substituents is 1. The van der Waals surface area contributed by atoms with E-state index in [9.17, 15) is 9.90 Å². The van der Waals surface area contributed by atoms with Gasteiger partial charge in [-0.1, -0.05) is 0 Å². The van der Waals surface area contributed by atoms with E-state index in [0.717, 1.165) is 9.26 Å². The molecular formula is C12H11IN2O2S. The molecule has 1 aromatic carbocycles. The van der Waals surface area contributed by atoms with Crippen LogP contribution in [0.5, 0.6) is 5.75 Å². The van der Waals surface area contributed by atoms with E-state index < -0.39 is 0 Å². The van der Waals surface area contributed by atoms with Crippen molar-refractivity contribution in [1.82, 2.24) is 10.3 Å². The van der Waals surface area contributed by atoms with Crippen LogP contribution < -0.4 is 5.32 Å². The Bertz CT molecular complexity index is 543. The minimum atomic E-state index is -0.263. The number of carbonyl (C=O) groups excluding carboxylic acids is 1. The predicted octanol–water partition coefficient (Wildman–Crippen LogP) is 2.43. The highest BCUT2D eigenvalue weighted by Gasteiger charge is 2.10. The van der Waals surface area contributed by atoms with Crippen LogP contribution in [-0.2, 0) is 6.42 Å². The fraction of sp³-hybridized carbons (Fsp3) is 0.167. The van der Waals surface area contributed by atoms with E-state index in [1.54, 1.807) is 17.6 Å². The molecule has 0 aliphatic rings. The molecule has 0 saturated heterocycles. The van der Waals surface area contributed by atoms with Crippen molar-refractivity contribution in [1.29, 1.82) is 0 Å². The molecule has 0 saturated carbocycles. The lowest BCUT2D eigenvalue weighted by Gasteiger charge is -2.06. The molecule has 1 amide bonds. The van der Waals surface area contributed by atoms with Crippen molar-refractivity contribution in [2.24, 2.45) is 0 Å². The van der Waals surface area contributed by atoms with Crippen LogP contribution in [0, 0.1) is 3.57 Å². The number of phenols is 1. The van der Waals surface area contributed by atoms with Crippen LogP contribution in [-0.4, -0.2) is 22.5 Å². The average molecular weight is 374 g/mol. The second kappa shape index (κ2) is 6.14. The Morgan fingerprint density at radius 1 is 1.50 bits per heavy atom. The van der Waals surface area contributed by atoms with Crippen molar-refractivity contribution in [3.05, 3.63) is 43.9 Å². The van der Waals surface area contributed by atoms with Gasteiger partial charge in [-0.15, -0.1) is 11.3 Å². The first kappa shape index (κ1) is 13.3. The fourth-order valence-corrected chi connectivity index (χ4v) is 2.53. The molecule has 0 fully saturated rings. The standard InChI is InChI=1S/C12H11IN2O2S/c13-8-1-2-11(16)10(5-8)12(17)14-4-3-9-6-18-7-15-9/h1-2,5-7,16H,3-4H2,(H,14,17). The van der Waals surface area contributed by atoms with Gasteiger partial charge in [0.25, 0.3) is 5.91 Å². The topological polar surface area (TPSA) is 62.2 Å². The minimum Gasteiger partial charge on any atom is -0.507 e. The first-order valence-corrected chi connectivity index (χ1v) is 7.33. The van der Waals surface area contributed by atoms with Gasteiger partial charge in [-0.05, 0) is 40.8 Å². The Hall–Kier alpha value is -1.15. The summed E-state index contributed by atoms with van der Waals surface area (Å²) < 4.78 is 0.912. The fourth-order valence-electron chi connectivity index (χ4n) is 1.45. The third-order valence-electron chi connectivity index (χ3n) is 2.35. The van der Waals surface area contributed by atoms with Gasteiger partial charge in [-0.25, -0.2) is 4.98 Å². The quantitative estimate of drug-likeness (QED) is 0.809. The molecule has 94 valence electrons. The molecule has 18 heavy (non-hydrogen) atoms. The van der Waals surface area contributed by atoms with E-state index in [4.69, 9.17) is 0 Å². The van der Waals surface area contributed by atoms with Gasteiger partial charge in [0.2, 0.25) is 0 Å². The number of nitrogens with one attached hydrogen (secondary N) is 1. The first-order chi connectivity index (χ1) is 8.66. The smallest absolute Gasteiger partial charge is 0.255 e. The number of carbonyl (C=O) groups is 1. The lowest BCUT2D eigenvalue weighted by molar-refractivity contribution is 0.0951. The summed E-state index contributed by atoms with van der Waals surface area (Å²) in [5.74, 6) is -0.261. The van der Waals surface area contributed by atoms with Gasteiger partial charge in [-0.3, -0.25) is 4.79 Å². The zero-order chi connectivity index (χ0) is 13.0. The Kier molecular flexibility index (Phi) is 4.54. The lowest BCUT2D eigenvalue weighted by atomic mass is 10.2. The highest BCUT2D eigenvalue weighted by molar-refractivity contribution is 14.1. The van der Waals surface area contributed by atoms with Gasteiger partial charge < -0.3 is 10.4 Å². The molecule has 2 aromatic rings. The van der Waals surface area contributed by atoms with Crippen molar-refractivity contribution >= 4 is 39.8 Å². The van der Waals surface area contributed by atoms with E-state index in [0.29, 0.717) is 18.5 Å². The number of thiazole rings is 1. The summed E-state index contributed by atoms with van der Waals surface area (Å²) in [5, 5.41) is 14.3. The zero-order valence-corrected chi connectivity index (χ0v) is 12.4. The third kappa shape index (κ3) is 3.42. The number of rotatable bonds is 4. The second-order valence-corrected chi connectivity index (χ2v) is 5.61. The SMILES string of the molecule is O=C(NCCc1cscn1)c1cc(I)ccc1O. The number of amides is 1. The summed E-state index contributed by atoms with van der Waals surface area (Å²) in [6.07, 6.45) is 0.694. The number of nitrogens with zero attached hydrogens (tertiary/aromatic N) is 1. The van der Waals surface area contributed by atoms with Crippen molar-refractivity contribution < 1.29 is 9.90 Å². The molecule has 0 aliphatic heterocycles. The van der Waals surface area contributed by atoms with E-state index in [2.05, 4.69) is 32.9 Å². The van der Waals surface area contributed by atoms with Gasteiger partial charge in [-0.2, -0.15) is 0 Å². The summed E-state index contributed by atoms with van der Waals surface area (Å²) >= 11 is 3.64. The summed E-state index contributed by atoms with van der Waals surface area (Å²) in [6.45, 7) is 0.507. The lowest BCUT2D eigenvalue weighted by Crippen LogP contribution is -2.25. The molecule has 0 spiro atoms. The van der Waals surface area contributed by atoms with Crippen LogP contribution >= 0.6 is 33.9 Å². The summed E-state index contributed by atoms with van der Waals surface area (Å²) in [5.41, 5.74) is 3.04. The monoisotopic (exact) mass is 374 g/mol. The molecule has 1 heterocycles. The van der Waals surface area contributed by atoms with Gasteiger partial charge >= 0.3 is 0 Å². The average Bonchev–Trinajstić information content (AvgIpc) is 2.85. The van der Waals surface area contributed by atoms with Crippen molar-refractivity contribution in [3.8, 4) is 5.75 Å². The molecule has 2 N–H and O–H groups in total. The second-order valence-electron chi connectivity index (χ2n) is 3.65. The maximum Gasteiger partial charge on any atom is 0.255 e. The summed E-state index contributed by atoms with van der Waals surface area (Å²) in [6, 6.07) is 4.94. The highest BCUT2D eigenvalue weighted by Crippen LogP contribution is 2.19. The Labute approximate surface area is 122 Å². The summed E-state index contributed by atoms with van der Waals surface area (Å²) in [4.78, 5) is 16.0. The third-order valence-corrected chi connectivity index (χ3v) is 3.66. The maximum absolute atomic E-state index is 11.9. The Morgan fingerprint density at radius 3 is 3.06 bits per heavy atom. The largest absolute Gasteiger partial charge is 0.507 e. The van der Waals surface area contributed by atoms with Crippen LogP contribution in [0.1, 0.15) is 16.1 Å². The molecule has 6 heteroatoms. The van der Waals surface area contributed by atoms with E-state index >= 15 is 0 Å². The molecule has 0 bridgehead atoms. The number of aromatic nitrogens is 1. The Morgan fingerprint density at radius 2 is 2.33 bits per heavy atom. The van der Waals surface area contributed by atoms with Crippen LogP contribution in [0.4, 0.5) is 0 Å². The first-order valence-electron chi connectivity index (χ1n) is 5.30. The number of hydrogen-bond donors (Lipinski definition) is 2. The normalized spacial score (nSPS) is 10.3. The van der Waals surface area contributed by atoms with Gasteiger partial charge in [0.1, 0.15) is 5.75 Å². The molecular weight excluding hydrogens is 363 g/mol. The molecule has 2 rings (SSSR count). The van der Waals surface area contributed by atoms with Crippen molar-refractivity contribution in [2.45, 2.75) is 6.42 Å². The molecule has 0 unspecified atom stereocenters. The van der Waals surface area contributed by atoms with Gasteiger partial charge in [0.15, 0.2) is 0 Å². The number of hydrogen-bond acceptors (Lipinski definition) is 4. The van der Waals surface area contributed by atoms with Gasteiger partial charge in [0, 0.05) is 21.9 Å². The maximum atomic E-state index is 11.9.